The Hall–Kier alpha value is 0.01000. The lowest BCUT2D eigenvalue weighted by atomic mass is 10.8. The van der Waals surface area contributed by atoms with E-state index in [2.05, 4.69) is 9.97 Å². The van der Waals surface area contributed by atoms with Crippen LogP contribution in [0.25, 0.3) is 0 Å². The number of aromatic nitrogens is 2. The predicted molar refractivity (Wildman–Crippen MR) is 38.8 cm³/mol. The summed E-state index contributed by atoms with van der Waals surface area (Å²) in [6.45, 7) is 0. The molecule has 0 aromatic carbocycles. The van der Waals surface area contributed by atoms with E-state index >= 15 is 0 Å². The lowest BCUT2D eigenvalue weighted by Crippen LogP contribution is -1.80. The highest BCUT2D eigenvalue weighted by atomic mass is 35.7. The predicted octanol–water partition coefficient (Wildman–Crippen LogP) is 2.38. The maximum Gasteiger partial charge on any atom is 0.162 e. The van der Waals surface area contributed by atoms with Gasteiger partial charge in [-0.25, -0.2) is 9.97 Å². The van der Waals surface area contributed by atoms with Crippen LogP contribution < -0.4 is 0 Å². The van der Waals surface area contributed by atoms with Crippen molar-refractivity contribution in [1.29, 1.82) is 0 Å². The first-order valence-corrected chi connectivity index (χ1v) is 4.11. The molecule has 9 heavy (non-hydrogen) atoms. The highest BCUT2D eigenvalue weighted by molar-refractivity contribution is 8.21. The number of halogens is 2. The maximum absolute atomic E-state index is 5.55. The number of rotatable bonds is 1. The molecule has 0 unspecified atom stereocenters. The van der Waals surface area contributed by atoms with Crippen molar-refractivity contribution in [2.45, 2.75) is 5.03 Å². The van der Waals surface area contributed by atoms with Gasteiger partial charge in [0.2, 0.25) is 0 Å². The molecule has 0 N–H and O–H groups in total. The summed E-state index contributed by atoms with van der Waals surface area (Å²) in [5.41, 5.74) is 0. The van der Waals surface area contributed by atoms with Gasteiger partial charge in [0.1, 0.15) is 5.03 Å². The van der Waals surface area contributed by atoms with Gasteiger partial charge in [-0.2, -0.15) is 0 Å². The summed E-state index contributed by atoms with van der Waals surface area (Å²) in [6, 6.07) is 0. The monoisotopic (exact) mass is 180 g/mol. The third-order valence-electron chi connectivity index (χ3n) is 0.696. The maximum atomic E-state index is 5.55. The number of hydrogen-bond donors (Lipinski definition) is 0. The fraction of sp³-hybridized carbons (Fsp3) is 0. The third kappa shape index (κ3) is 1.71. The van der Waals surface area contributed by atoms with Gasteiger partial charge in [-0.05, 0) is 10.7 Å². The molecule has 0 aliphatic carbocycles. The van der Waals surface area contributed by atoms with Gasteiger partial charge in [0.15, 0.2) is 5.15 Å². The van der Waals surface area contributed by atoms with Crippen molar-refractivity contribution in [3.63, 3.8) is 0 Å². The second-order valence-electron chi connectivity index (χ2n) is 1.23. The van der Waals surface area contributed by atoms with E-state index in [9.17, 15) is 0 Å². The van der Waals surface area contributed by atoms with Gasteiger partial charge < -0.3 is 0 Å². The van der Waals surface area contributed by atoms with E-state index in [0.717, 1.165) is 11.0 Å². The van der Waals surface area contributed by atoms with E-state index in [1.165, 1.54) is 12.4 Å². The van der Waals surface area contributed by atoms with Gasteiger partial charge in [-0.1, -0.05) is 11.6 Å². The normalized spacial score (nSPS) is 9.56. The summed E-state index contributed by atoms with van der Waals surface area (Å²) in [5, 5.41) is 0.887. The SMILES string of the molecule is ClSc1nccnc1Cl. The molecule has 0 saturated carbocycles. The third-order valence-corrected chi connectivity index (χ3v) is 1.97. The van der Waals surface area contributed by atoms with Crippen molar-refractivity contribution in [1.82, 2.24) is 9.97 Å². The topological polar surface area (TPSA) is 25.8 Å². The lowest BCUT2D eigenvalue weighted by molar-refractivity contribution is 1.06. The average Bonchev–Trinajstić information content (AvgIpc) is 1.89. The van der Waals surface area contributed by atoms with Crippen molar-refractivity contribution in [3.05, 3.63) is 17.5 Å². The summed E-state index contributed by atoms with van der Waals surface area (Å²) in [7, 11) is 6.32. The molecule has 0 atom stereocenters. The minimum atomic E-state index is 0.345. The Bertz CT molecular complexity index is 206. The van der Waals surface area contributed by atoms with Crippen LogP contribution in [0.3, 0.4) is 0 Å². The molecule has 48 valence electrons. The number of hydrogen-bond acceptors (Lipinski definition) is 3. The summed E-state index contributed by atoms with van der Waals surface area (Å²) in [6.07, 6.45) is 3.05. The first-order chi connectivity index (χ1) is 4.34. The quantitative estimate of drug-likeness (QED) is 0.665. The largest absolute Gasteiger partial charge is 0.244 e. The van der Waals surface area contributed by atoms with Crippen LogP contribution in [0, 0.1) is 0 Å². The van der Waals surface area contributed by atoms with Crippen LogP contribution in [0.2, 0.25) is 5.15 Å². The zero-order valence-electron chi connectivity index (χ0n) is 4.21. The van der Waals surface area contributed by atoms with E-state index in [4.69, 9.17) is 22.3 Å². The first-order valence-electron chi connectivity index (χ1n) is 2.09. The van der Waals surface area contributed by atoms with Crippen molar-refractivity contribution in [3.8, 4) is 0 Å². The fourth-order valence-electron chi connectivity index (χ4n) is 0.360. The zero-order chi connectivity index (χ0) is 6.69. The highest BCUT2D eigenvalue weighted by Gasteiger charge is 1.98. The van der Waals surface area contributed by atoms with Crippen LogP contribution in [-0.4, -0.2) is 9.97 Å². The van der Waals surface area contributed by atoms with Gasteiger partial charge in [0.05, 0.1) is 0 Å². The molecule has 0 radical (unpaired) electrons. The van der Waals surface area contributed by atoms with Gasteiger partial charge in [-0.3, -0.25) is 0 Å². The molecule has 0 bridgehead atoms. The molecule has 0 spiro atoms. The molecule has 1 aromatic heterocycles. The minimum absolute atomic E-state index is 0.345. The van der Waals surface area contributed by atoms with E-state index < -0.39 is 0 Å². The van der Waals surface area contributed by atoms with Gasteiger partial charge in [0, 0.05) is 23.4 Å². The standard InChI is InChI=1S/C4H2Cl2N2S/c5-3-4(9-6)8-2-1-7-3/h1-2H. The van der Waals surface area contributed by atoms with E-state index in [1.807, 2.05) is 0 Å². The van der Waals surface area contributed by atoms with E-state index in [-0.39, 0.29) is 0 Å². The van der Waals surface area contributed by atoms with Crippen molar-refractivity contribution in [2.24, 2.45) is 0 Å². The Kier molecular flexibility index (Phi) is 2.57. The van der Waals surface area contributed by atoms with Crippen LogP contribution in [0.4, 0.5) is 0 Å². The Morgan fingerprint density at radius 3 is 2.44 bits per heavy atom. The molecular formula is C4H2Cl2N2S. The van der Waals surface area contributed by atoms with Gasteiger partial charge in [0.25, 0.3) is 0 Å². The van der Waals surface area contributed by atoms with Crippen molar-refractivity contribution < 1.29 is 0 Å². The van der Waals surface area contributed by atoms with Crippen LogP contribution >= 0.6 is 33.3 Å². The van der Waals surface area contributed by atoms with E-state index in [1.54, 1.807) is 0 Å². The van der Waals surface area contributed by atoms with Gasteiger partial charge in [-0.15, -0.1) is 0 Å². The molecule has 0 aliphatic rings. The average molecular weight is 181 g/mol. The second kappa shape index (κ2) is 3.25. The van der Waals surface area contributed by atoms with E-state index in [0.29, 0.717) is 10.2 Å². The Morgan fingerprint density at radius 2 is 2.00 bits per heavy atom. The first kappa shape index (κ1) is 7.12. The summed E-state index contributed by atoms with van der Waals surface area (Å²) in [4.78, 5) is 7.58. The lowest BCUT2D eigenvalue weighted by Gasteiger charge is -1.91. The zero-order valence-corrected chi connectivity index (χ0v) is 6.54. The molecule has 1 heterocycles. The van der Waals surface area contributed by atoms with Crippen LogP contribution in [0.15, 0.2) is 17.4 Å². The molecular weight excluding hydrogens is 179 g/mol. The summed E-state index contributed by atoms with van der Waals surface area (Å²) < 4.78 is 0. The van der Waals surface area contributed by atoms with Crippen molar-refractivity contribution >= 4 is 33.3 Å². The van der Waals surface area contributed by atoms with Crippen LogP contribution in [0.1, 0.15) is 0 Å². The fourth-order valence-corrected chi connectivity index (χ4v) is 1.26. The summed E-state index contributed by atoms with van der Waals surface area (Å²) in [5.74, 6) is 0. The molecule has 1 rings (SSSR count). The second-order valence-corrected chi connectivity index (χ2v) is 2.59. The molecule has 1 aromatic rings. The van der Waals surface area contributed by atoms with Gasteiger partial charge >= 0.3 is 0 Å². The highest BCUT2D eigenvalue weighted by Crippen LogP contribution is 2.24. The molecule has 5 heteroatoms. The van der Waals surface area contributed by atoms with Crippen LogP contribution in [0.5, 0.6) is 0 Å². The van der Waals surface area contributed by atoms with Crippen molar-refractivity contribution in [2.75, 3.05) is 0 Å². The Labute approximate surface area is 66.1 Å². The molecule has 0 aliphatic heterocycles. The molecule has 0 amide bonds. The Morgan fingerprint density at radius 1 is 1.33 bits per heavy atom. The molecule has 2 nitrogen and oxygen atoms in total. The summed E-state index contributed by atoms with van der Waals surface area (Å²) >= 11 is 5.55. The van der Waals surface area contributed by atoms with Crippen LogP contribution in [-0.2, 0) is 0 Å². The smallest absolute Gasteiger partial charge is 0.162 e. The molecule has 0 saturated heterocycles. The molecule has 0 fully saturated rings. The number of nitrogens with zero attached hydrogens (tertiary/aromatic N) is 2. The minimum Gasteiger partial charge on any atom is -0.244 e. The Balaban J connectivity index is 3.01.